The molecule has 0 saturated carbocycles. The van der Waals surface area contributed by atoms with Crippen LogP contribution in [0.2, 0.25) is 18.1 Å². The predicted octanol–water partition coefficient (Wildman–Crippen LogP) is 5.39. The van der Waals surface area contributed by atoms with Crippen LogP contribution in [-0.4, -0.2) is 29.8 Å². The van der Waals surface area contributed by atoms with E-state index in [1.165, 1.54) is 6.07 Å². The molecule has 7 heteroatoms. The average molecular weight is 417 g/mol. The highest BCUT2D eigenvalue weighted by Gasteiger charge is 2.38. The lowest BCUT2D eigenvalue weighted by molar-refractivity contribution is 0.0506. The van der Waals surface area contributed by atoms with E-state index in [1.54, 1.807) is 27.7 Å². The van der Waals surface area contributed by atoms with Gasteiger partial charge in [-0.1, -0.05) is 20.8 Å². The van der Waals surface area contributed by atoms with E-state index in [2.05, 4.69) is 39.0 Å². The summed E-state index contributed by atoms with van der Waals surface area (Å²) in [4.78, 5) is 24.6. The molecule has 0 N–H and O–H groups in total. The lowest BCUT2D eigenvalue weighted by Gasteiger charge is -2.36. The molecule has 0 unspecified atom stereocenters. The van der Waals surface area contributed by atoms with Gasteiger partial charge in [0.1, 0.15) is 11.4 Å². The molecule has 1 aromatic heterocycles. The molecule has 2 aromatic rings. The zero-order valence-corrected chi connectivity index (χ0v) is 19.9. The van der Waals surface area contributed by atoms with E-state index in [0.717, 1.165) is 16.0 Å². The third-order valence-electron chi connectivity index (χ3n) is 5.00. The number of aromatic nitrogens is 2. The van der Waals surface area contributed by atoms with Gasteiger partial charge in [0.2, 0.25) is 8.32 Å². The molecule has 0 aliphatic heterocycles. The second-order valence-corrected chi connectivity index (χ2v) is 14.5. The summed E-state index contributed by atoms with van der Waals surface area (Å²) in [5.41, 5.74) is 0.800. The van der Waals surface area contributed by atoms with E-state index in [-0.39, 0.29) is 5.04 Å². The second kappa shape index (κ2) is 7.78. The molecule has 29 heavy (non-hydrogen) atoms. The zero-order valence-electron chi connectivity index (χ0n) is 18.9. The molecule has 0 spiro atoms. The van der Waals surface area contributed by atoms with Crippen molar-refractivity contribution < 1.29 is 14.0 Å². The van der Waals surface area contributed by atoms with Crippen LogP contribution < -0.4 is 9.99 Å². The van der Waals surface area contributed by atoms with E-state index < -0.39 is 25.6 Å². The van der Waals surface area contributed by atoms with Crippen molar-refractivity contribution >= 4 is 14.4 Å². The molecule has 2 rings (SSSR count). The Hall–Kier alpha value is -2.41. The van der Waals surface area contributed by atoms with Crippen LogP contribution in [-0.2, 0) is 4.74 Å². The van der Waals surface area contributed by atoms with Crippen LogP contribution in [0.25, 0.3) is 11.3 Å². The fraction of sp³-hybridized carbons (Fsp3) is 0.500. The minimum Gasteiger partial charge on any atom is -0.544 e. The van der Waals surface area contributed by atoms with Gasteiger partial charge >= 0.3 is 6.09 Å². The van der Waals surface area contributed by atoms with E-state index >= 15 is 0 Å². The Morgan fingerprint density at radius 2 is 1.59 bits per heavy atom. The summed E-state index contributed by atoms with van der Waals surface area (Å²) in [5.74, 6) is 0.804. The third kappa shape index (κ3) is 5.56. The maximum absolute atomic E-state index is 12.3. The van der Waals surface area contributed by atoms with Gasteiger partial charge in [0.15, 0.2) is 0 Å². The lowest BCUT2D eigenvalue weighted by Crippen LogP contribution is -2.43. The minimum absolute atomic E-state index is 0.104. The number of hydrogen-bond acceptors (Lipinski definition) is 5. The number of carbonyl (C=O) groups is 1. The van der Waals surface area contributed by atoms with Crippen molar-refractivity contribution in [2.45, 2.75) is 72.2 Å². The number of hydrogen-bond donors (Lipinski definition) is 0. The Labute approximate surface area is 174 Å². The Balaban J connectivity index is 2.37. The topological polar surface area (TPSA) is 70.4 Å². The molecule has 0 saturated heterocycles. The Morgan fingerprint density at radius 1 is 1.03 bits per heavy atom. The van der Waals surface area contributed by atoms with Crippen LogP contribution in [0.1, 0.15) is 47.1 Å². The normalized spacial score (nSPS) is 12.6. The molecule has 1 aromatic carbocycles. The van der Waals surface area contributed by atoms with Crippen molar-refractivity contribution in [2.24, 2.45) is 0 Å². The van der Waals surface area contributed by atoms with Gasteiger partial charge in [-0.25, -0.2) is 4.79 Å². The lowest BCUT2D eigenvalue weighted by atomic mass is 10.1. The zero-order chi connectivity index (χ0) is 22.2. The van der Waals surface area contributed by atoms with Crippen LogP contribution in [0.4, 0.5) is 4.79 Å². The fourth-order valence-corrected chi connectivity index (χ4v) is 3.42. The number of rotatable bonds is 3. The number of nitrogens with zero attached hydrogens (tertiary/aromatic N) is 2. The first-order valence-corrected chi connectivity index (χ1v) is 12.7. The van der Waals surface area contributed by atoms with Crippen molar-refractivity contribution in [1.82, 2.24) is 9.78 Å². The maximum Gasteiger partial charge on any atom is 0.438 e. The van der Waals surface area contributed by atoms with Crippen LogP contribution in [0.15, 0.2) is 35.1 Å². The summed E-state index contributed by atoms with van der Waals surface area (Å²) in [6.07, 6.45) is -0.790. The van der Waals surface area contributed by atoms with Gasteiger partial charge in [-0.3, -0.25) is 4.79 Å². The number of aryl methyl sites for hydroxylation is 1. The smallest absolute Gasteiger partial charge is 0.438 e. The van der Waals surface area contributed by atoms with Crippen LogP contribution >= 0.6 is 0 Å². The van der Waals surface area contributed by atoms with Crippen LogP contribution in [0.3, 0.4) is 0 Å². The molecule has 0 aliphatic rings. The molecule has 0 bridgehead atoms. The molecule has 0 radical (unpaired) electrons. The first-order valence-electron chi connectivity index (χ1n) is 9.74. The van der Waals surface area contributed by atoms with E-state index in [0.29, 0.717) is 11.3 Å². The quantitative estimate of drug-likeness (QED) is 0.628. The molecule has 0 fully saturated rings. The predicted molar refractivity (Wildman–Crippen MR) is 118 cm³/mol. The maximum atomic E-state index is 12.3. The number of carbonyl (C=O) groups excluding carboxylic acids is 1. The highest BCUT2D eigenvalue weighted by Crippen LogP contribution is 2.37. The van der Waals surface area contributed by atoms with Gasteiger partial charge in [0, 0.05) is 11.6 Å². The standard InChI is InChI=1S/C22H32N2O4Si/c1-15-14-18(25)24(20(26)27-21(2,3)4)23-19(15)16-10-12-17(13-11-16)28-29(8,9)22(5,6)7/h10-14H,1-9H3. The summed E-state index contributed by atoms with van der Waals surface area (Å²) in [6, 6.07) is 8.98. The van der Waals surface area contributed by atoms with E-state index in [4.69, 9.17) is 9.16 Å². The van der Waals surface area contributed by atoms with E-state index in [9.17, 15) is 9.59 Å². The van der Waals surface area contributed by atoms with Crippen molar-refractivity contribution in [3.8, 4) is 17.0 Å². The van der Waals surface area contributed by atoms with Crippen molar-refractivity contribution in [2.75, 3.05) is 0 Å². The van der Waals surface area contributed by atoms with Gasteiger partial charge in [0.25, 0.3) is 5.56 Å². The summed E-state index contributed by atoms with van der Waals surface area (Å²) in [7, 11) is -1.93. The van der Waals surface area contributed by atoms with Crippen molar-refractivity contribution in [1.29, 1.82) is 0 Å². The SMILES string of the molecule is Cc1cc(=O)n(C(=O)OC(C)(C)C)nc1-c1ccc(O[Si](C)(C)C(C)(C)C)cc1. The largest absolute Gasteiger partial charge is 0.544 e. The number of benzene rings is 1. The molecule has 6 nitrogen and oxygen atoms in total. The van der Waals surface area contributed by atoms with Gasteiger partial charge in [-0.2, -0.15) is 5.10 Å². The molecule has 0 aliphatic carbocycles. The molecule has 0 amide bonds. The average Bonchev–Trinajstić information content (AvgIpc) is 2.52. The summed E-state index contributed by atoms with van der Waals surface area (Å²) >= 11 is 0. The summed E-state index contributed by atoms with van der Waals surface area (Å²) < 4.78 is 12.4. The van der Waals surface area contributed by atoms with Crippen LogP contribution in [0.5, 0.6) is 5.75 Å². The summed E-state index contributed by atoms with van der Waals surface area (Å²) in [5, 5.41) is 4.37. The first-order chi connectivity index (χ1) is 13.1. The molecular formula is C22H32N2O4Si. The monoisotopic (exact) mass is 416 g/mol. The fourth-order valence-electron chi connectivity index (χ4n) is 2.39. The Kier molecular flexibility index (Phi) is 6.14. The van der Waals surface area contributed by atoms with E-state index in [1.807, 2.05) is 24.3 Å². The van der Waals surface area contributed by atoms with Gasteiger partial charge in [0.05, 0.1) is 5.69 Å². The molecule has 1 heterocycles. The van der Waals surface area contributed by atoms with Crippen molar-refractivity contribution in [3.63, 3.8) is 0 Å². The summed E-state index contributed by atoms with van der Waals surface area (Å²) in [6.45, 7) is 18.0. The molecule has 0 atom stereocenters. The first kappa shape index (κ1) is 22.9. The minimum atomic E-state index is -1.93. The van der Waals surface area contributed by atoms with Gasteiger partial charge in [-0.05, 0) is 75.7 Å². The van der Waals surface area contributed by atoms with Gasteiger partial charge in [-0.15, -0.1) is 4.68 Å². The van der Waals surface area contributed by atoms with Crippen LogP contribution in [0, 0.1) is 6.92 Å². The Bertz CT molecular complexity index is 949. The highest BCUT2D eigenvalue weighted by molar-refractivity contribution is 6.74. The highest BCUT2D eigenvalue weighted by atomic mass is 28.4. The second-order valence-electron chi connectivity index (χ2n) is 9.79. The Morgan fingerprint density at radius 3 is 2.07 bits per heavy atom. The van der Waals surface area contributed by atoms with Crippen molar-refractivity contribution in [3.05, 3.63) is 46.2 Å². The third-order valence-corrected chi connectivity index (χ3v) is 9.35. The molecule has 158 valence electrons. The number of ether oxygens (including phenoxy) is 1. The van der Waals surface area contributed by atoms with Gasteiger partial charge < -0.3 is 9.16 Å². The molecular weight excluding hydrogens is 384 g/mol.